The predicted octanol–water partition coefficient (Wildman–Crippen LogP) is 3.20. The van der Waals surface area contributed by atoms with Crippen molar-refractivity contribution in [2.24, 2.45) is 0 Å². The van der Waals surface area contributed by atoms with Gasteiger partial charge in [0.05, 0.1) is 0 Å². The number of hydrogen-bond donors (Lipinski definition) is 0. The zero-order chi connectivity index (χ0) is 7.40. The van der Waals surface area contributed by atoms with Crippen LogP contribution in [0.2, 0.25) is 0 Å². The molecule has 0 aliphatic carbocycles. The van der Waals surface area contributed by atoms with Crippen LogP contribution in [0, 0.1) is 6.07 Å². The highest BCUT2D eigenvalue weighted by Gasteiger charge is 1.94. The average molecular weight is 198 g/mol. The zero-order valence-corrected chi connectivity index (χ0v) is 7.61. The number of aryl methyl sites for hydroxylation is 1. The van der Waals surface area contributed by atoms with Gasteiger partial charge in [0.1, 0.15) is 0 Å². The molecule has 1 rings (SSSR count). The highest BCUT2D eigenvalue weighted by Crippen LogP contribution is 2.16. The minimum absolute atomic E-state index is 1.14. The van der Waals surface area contributed by atoms with Crippen molar-refractivity contribution in [2.75, 3.05) is 0 Å². The topological polar surface area (TPSA) is 0 Å². The standard InChI is InChI=1S/C9H10Br/c1-2-5-8-6-3-4-7-9(8)10/h4,6-7H,2,5H2,1H3. The Morgan fingerprint density at radius 2 is 2.40 bits per heavy atom. The van der Waals surface area contributed by atoms with Gasteiger partial charge < -0.3 is 0 Å². The predicted molar refractivity (Wildman–Crippen MR) is 47.0 cm³/mol. The second kappa shape index (κ2) is 3.77. The third kappa shape index (κ3) is 1.84. The second-order valence-corrected chi connectivity index (χ2v) is 3.12. The molecule has 1 aromatic rings. The summed E-state index contributed by atoms with van der Waals surface area (Å²) in [5.41, 5.74) is 1.35. The second-order valence-electron chi connectivity index (χ2n) is 2.27. The smallest absolute Gasteiger partial charge is 0.0207 e. The molecule has 0 nitrogen and oxygen atoms in total. The molecule has 53 valence electrons. The zero-order valence-electron chi connectivity index (χ0n) is 6.02. The molecule has 0 amide bonds. The summed E-state index contributed by atoms with van der Waals surface area (Å²) < 4.78 is 1.20. The molecule has 0 saturated carbocycles. The Hall–Kier alpha value is -0.300. The third-order valence-corrected chi connectivity index (χ3v) is 2.18. The minimum Gasteiger partial charge on any atom is -0.0651 e. The van der Waals surface area contributed by atoms with Crippen LogP contribution in [0.1, 0.15) is 18.9 Å². The monoisotopic (exact) mass is 197 g/mol. The molecule has 0 aliphatic rings. The Kier molecular flexibility index (Phi) is 2.94. The van der Waals surface area contributed by atoms with E-state index in [9.17, 15) is 0 Å². The van der Waals surface area contributed by atoms with Crippen molar-refractivity contribution in [1.82, 2.24) is 0 Å². The molecule has 0 aliphatic heterocycles. The maximum Gasteiger partial charge on any atom is 0.0207 e. The minimum atomic E-state index is 1.14. The van der Waals surface area contributed by atoms with Crippen molar-refractivity contribution < 1.29 is 0 Å². The first-order chi connectivity index (χ1) is 4.84. The van der Waals surface area contributed by atoms with Crippen molar-refractivity contribution in [3.05, 3.63) is 34.3 Å². The van der Waals surface area contributed by atoms with E-state index < -0.39 is 0 Å². The van der Waals surface area contributed by atoms with Crippen molar-refractivity contribution in [3.8, 4) is 0 Å². The maximum absolute atomic E-state index is 3.48. The van der Waals surface area contributed by atoms with Gasteiger partial charge in [-0.05, 0) is 24.1 Å². The Labute approximate surface area is 70.4 Å². The van der Waals surface area contributed by atoms with Crippen LogP contribution in [0.4, 0.5) is 0 Å². The normalized spacial score (nSPS) is 9.80. The van der Waals surface area contributed by atoms with Gasteiger partial charge in [-0.3, -0.25) is 0 Å². The quantitative estimate of drug-likeness (QED) is 0.684. The van der Waals surface area contributed by atoms with Crippen LogP contribution in [0.5, 0.6) is 0 Å². The number of halogens is 1. The fraction of sp³-hybridized carbons (Fsp3) is 0.333. The largest absolute Gasteiger partial charge is 0.0651 e. The van der Waals surface area contributed by atoms with Crippen LogP contribution in [0.3, 0.4) is 0 Å². The molecule has 0 aromatic heterocycles. The first-order valence-electron chi connectivity index (χ1n) is 3.49. The highest BCUT2D eigenvalue weighted by molar-refractivity contribution is 9.10. The van der Waals surface area contributed by atoms with E-state index >= 15 is 0 Å². The summed E-state index contributed by atoms with van der Waals surface area (Å²) in [5, 5.41) is 0. The van der Waals surface area contributed by atoms with Crippen molar-refractivity contribution in [2.45, 2.75) is 19.8 Å². The Morgan fingerprint density at radius 1 is 1.60 bits per heavy atom. The Bertz CT molecular complexity index is 206. The van der Waals surface area contributed by atoms with Gasteiger partial charge in [0.15, 0.2) is 0 Å². The lowest BCUT2D eigenvalue weighted by Gasteiger charge is -1.99. The van der Waals surface area contributed by atoms with E-state index in [1.165, 1.54) is 16.5 Å². The number of benzene rings is 1. The molecule has 0 bridgehead atoms. The first kappa shape index (κ1) is 7.80. The van der Waals surface area contributed by atoms with E-state index in [1.807, 2.05) is 18.2 Å². The summed E-state index contributed by atoms with van der Waals surface area (Å²) in [6.45, 7) is 2.18. The SMILES string of the molecule is CCCc1c[c]ccc1Br. The molecule has 10 heavy (non-hydrogen) atoms. The van der Waals surface area contributed by atoms with Crippen LogP contribution in [-0.2, 0) is 6.42 Å². The van der Waals surface area contributed by atoms with Gasteiger partial charge in [0.2, 0.25) is 0 Å². The lowest BCUT2D eigenvalue weighted by atomic mass is 10.1. The van der Waals surface area contributed by atoms with E-state index in [0.717, 1.165) is 6.42 Å². The van der Waals surface area contributed by atoms with Crippen LogP contribution >= 0.6 is 15.9 Å². The van der Waals surface area contributed by atoms with Gasteiger partial charge in [0.25, 0.3) is 0 Å². The van der Waals surface area contributed by atoms with Gasteiger partial charge in [-0.15, -0.1) is 0 Å². The molecule has 1 heteroatoms. The molecule has 0 unspecified atom stereocenters. The molecule has 0 atom stereocenters. The van der Waals surface area contributed by atoms with Crippen LogP contribution in [-0.4, -0.2) is 0 Å². The van der Waals surface area contributed by atoms with E-state index in [2.05, 4.69) is 28.9 Å². The van der Waals surface area contributed by atoms with E-state index in [-0.39, 0.29) is 0 Å². The fourth-order valence-corrected chi connectivity index (χ4v) is 1.35. The molecule has 0 N–H and O–H groups in total. The van der Waals surface area contributed by atoms with Crippen LogP contribution in [0.15, 0.2) is 22.7 Å². The molecule has 0 heterocycles. The van der Waals surface area contributed by atoms with E-state index in [4.69, 9.17) is 0 Å². The Balaban J connectivity index is 2.81. The van der Waals surface area contributed by atoms with Crippen LogP contribution < -0.4 is 0 Å². The van der Waals surface area contributed by atoms with Gasteiger partial charge in [-0.25, -0.2) is 0 Å². The average Bonchev–Trinajstić information content (AvgIpc) is 1.94. The van der Waals surface area contributed by atoms with Gasteiger partial charge in [-0.1, -0.05) is 41.4 Å². The summed E-state index contributed by atoms with van der Waals surface area (Å²) in [5.74, 6) is 0. The maximum atomic E-state index is 3.48. The summed E-state index contributed by atoms with van der Waals surface area (Å²) in [7, 11) is 0. The molecule has 0 spiro atoms. The van der Waals surface area contributed by atoms with Gasteiger partial charge in [0, 0.05) is 4.47 Å². The van der Waals surface area contributed by atoms with E-state index in [1.54, 1.807) is 0 Å². The first-order valence-corrected chi connectivity index (χ1v) is 4.28. The molecule has 0 saturated heterocycles. The van der Waals surface area contributed by atoms with Gasteiger partial charge in [-0.2, -0.15) is 0 Å². The van der Waals surface area contributed by atoms with Crippen molar-refractivity contribution in [3.63, 3.8) is 0 Å². The Morgan fingerprint density at radius 3 is 3.00 bits per heavy atom. The van der Waals surface area contributed by atoms with Crippen molar-refractivity contribution in [1.29, 1.82) is 0 Å². The highest BCUT2D eigenvalue weighted by atomic mass is 79.9. The summed E-state index contributed by atoms with van der Waals surface area (Å²) in [6.07, 6.45) is 2.33. The fourth-order valence-electron chi connectivity index (χ4n) is 0.907. The number of rotatable bonds is 2. The molecule has 1 radical (unpaired) electrons. The van der Waals surface area contributed by atoms with E-state index in [0.29, 0.717) is 0 Å². The van der Waals surface area contributed by atoms with Crippen LogP contribution in [0.25, 0.3) is 0 Å². The lowest BCUT2D eigenvalue weighted by Crippen LogP contribution is -1.82. The molecular formula is C9H10Br. The molecule has 1 aromatic carbocycles. The van der Waals surface area contributed by atoms with Crippen molar-refractivity contribution >= 4 is 15.9 Å². The molecule has 0 fully saturated rings. The summed E-state index contributed by atoms with van der Waals surface area (Å²) in [6, 6.07) is 9.04. The van der Waals surface area contributed by atoms with Gasteiger partial charge >= 0.3 is 0 Å². The third-order valence-electron chi connectivity index (χ3n) is 1.41. The molecular weight excluding hydrogens is 188 g/mol. The summed E-state index contributed by atoms with van der Waals surface area (Å²) >= 11 is 3.48. The summed E-state index contributed by atoms with van der Waals surface area (Å²) in [4.78, 5) is 0. The lowest BCUT2D eigenvalue weighted by molar-refractivity contribution is 0.917. The number of hydrogen-bond acceptors (Lipinski definition) is 0.